The number of halogens is 1. The summed E-state index contributed by atoms with van der Waals surface area (Å²) in [4.78, 5) is 27.6. The maximum absolute atomic E-state index is 13.0. The van der Waals surface area contributed by atoms with Crippen molar-refractivity contribution in [3.05, 3.63) is 35.9 Å². The third-order valence-corrected chi connectivity index (χ3v) is 5.54. The van der Waals surface area contributed by atoms with E-state index < -0.39 is 5.54 Å². The number of hydrogen-bond donors (Lipinski definition) is 2. The summed E-state index contributed by atoms with van der Waals surface area (Å²) < 4.78 is 0. The second-order valence-corrected chi connectivity index (χ2v) is 7.25. The molecule has 2 aliphatic heterocycles. The number of piperidine rings is 1. The summed E-state index contributed by atoms with van der Waals surface area (Å²) in [6.07, 6.45) is 2.64. The second kappa shape index (κ2) is 8.19. The molecule has 2 amide bonds. The molecule has 3 unspecified atom stereocenters. The van der Waals surface area contributed by atoms with Crippen molar-refractivity contribution < 1.29 is 9.59 Å². The minimum Gasteiger partial charge on any atom is -0.350 e. The van der Waals surface area contributed by atoms with Gasteiger partial charge in [-0.1, -0.05) is 25.1 Å². The molecule has 0 bridgehead atoms. The van der Waals surface area contributed by atoms with Crippen LogP contribution in [0.1, 0.15) is 43.5 Å². The normalized spacial score (nSPS) is 29.0. The van der Waals surface area contributed by atoms with Crippen LogP contribution in [0.25, 0.3) is 0 Å². The van der Waals surface area contributed by atoms with Crippen LogP contribution in [0.15, 0.2) is 30.3 Å². The molecule has 2 aliphatic rings. The number of hydrogen-bond acceptors (Lipinski definition) is 3. The zero-order valence-corrected chi connectivity index (χ0v) is 15.8. The standard InChI is InChI=1S/C19H27N3O2.ClH/c1-14-9-11-20-13-16(14)21-18(24)19(2)10-6-12-22(19)17(23)15-7-4-3-5-8-15;/h3-5,7-8,14,16,20H,6,9-13H2,1-2H3,(H,21,24);1H. The van der Waals surface area contributed by atoms with Crippen molar-refractivity contribution in [3.63, 3.8) is 0 Å². The van der Waals surface area contributed by atoms with E-state index in [1.165, 1.54) is 0 Å². The fraction of sp³-hybridized carbons (Fsp3) is 0.579. The molecule has 6 heteroatoms. The Morgan fingerprint density at radius 1 is 1.28 bits per heavy atom. The van der Waals surface area contributed by atoms with Crippen LogP contribution in [-0.4, -0.2) is 47.9 Å². The molecule has 5 nitrogen and oxygen atoms in total. The van der Waals surface area contributed by atoms with Gasteiger partial charge in [0.15, 0.2) is 0 Å². The van der Waals surface area contributed by atoms with Crippen LogP contribution < -0.4 is 10.6 Å². The molecule has 0 saturated carbocycles. The minimum atomic E-state index is -0.760. The van der Waals surface area contributed by atoms with E-state index in [1.54, 1.807) is 4.90 Å². The first-order valence-corrected chi connectivity index (χ1v) is 8.91. The Hall–Kier alpha value is -1.59. The third kappa shape index (κ3) is 3.98. The number of amides is 2. The lowest BCUT2D eigenvalue weighted by Gasteiger charge is -2.37. The maximum Gasteiger partial charge on any atom is 0.254 e. The molecule has 2 saturated heterocycles. The SMILES string of the molecule is CC1CCNCC1NC(=O)C1(C)CCCN1C(=O)c1ccccc1.Cl. The summed E-state index contributed by atoms with van der Waals surface area (Å²) in [5, 5.41) is 6.53. The molecule has 0 spiro atoms. The zero-order chi connectivity index (χ0) is 17.2. The summed E-state index contributed by atoms with van der Waals surface area (Å²) in [6, 6.07) is 9.37. The molecule has 2 N–H and O–H groups in total. The number of nitrogens with one attached hydrogen (secondary N) is 2. The van der Waals surface area contributed by atoms with Crippen LogP contribution in [0.2, 0.25) is 0 Å². The van der Waals surface area contributed by atoms with Crippen molar-refractivity contribution >= 4 is 24.2 Å². The summed E-state index contributed by atoms with van der Waals surface area (Å²) >= 11 is 0. The van der Waals surface area contributed by atoms with E-state index in [9.17, 15) is 9.59 Å². The first-order valence-electron chi connectivity index (χ1n) is 8.91. The van der Waals surface area contributed by atoms with Crippen molar-refractivity contribution in [2.45, 2.75) is 44.7 Å². The van der Waals surface area contributed by atoms with Crippen molar-refractivity contribution in [1.82, 2.24) is 15.5 Å². The topological polar surface area (TPSA) is 61.4 Å². The van der Waals surface area contributed by atoms with Gasteiger partial charge in [0.1, 0.15) is 5.54 Å². The third-order valence-electron chi connectivity index (χ3n) is 5.54. The molecule has 138 valence electrons. The fourth-order valence-corrected chi connectivity index (χ4v) is 3.77. The predicted octanol–water partition coefficient (Wildman–Crippen LogP) is 2.22. The van der Waals surface area contributed by atoms with Gasteiger partial charge in [0.25, 0.3) is 5.91 Å². The monoisotopic (exact) mass is 365 g/mol. The van der Waals surface area contributed by atoms with E-state index in [4.69, 9.17) is 0 Å². The number of nitrogens with zero attached hydrogens (tertiary/aromatic N) is 1. The highest BCUT2D eigenvalue weighted by atomic mass is 35.5. The van der Waals surface area contributed by atoms with Crippen molar-refractivity contribution in [2.75, 3.05) is 19.6 Å². The number of carbonyl (C=O) groups is 2. The lowest BCUT2D eigenvalue weighted by atomic mass is 9.92. The number of benzene rings is 1. The summed E-state index contributed by atoms with van der Waals surface area (Å²) in [5.41, 5.74) is -0.115. The first-order chi connectivity index (χ1) is 11.5. The average Bonchev–Trinajstić information content (AvgIpc) is 3.00. The Labute approximate surface area is 155 Å². The van der Waals surface area contributed by atoms with Gasteiger partial charge in [-0.3, -0.25) is 9.59 Å². The van der Waals surface area contributed by atoms with Crippen molar-refractivity contribution in [3.8, 4) is 0 Å². The van der Waals surface area contributed by atoms with E-state index in [0.717, 1.165) is 25.9 Å². The van der Waals surface area contributed by atoms with Crippen molar-refractivity contribution in [2.24, 2.45) is 5.92 Å². The quantitative estimate of drug-likeness (QED) is 0.863. The van der Waals surface area contributed by atoms with Crippen LogP contribution in [0.3, 0.4) is 0 Å². The van der Waals surface area contributed by atoms with Gasteiger partial charge >= 0.3 is 0 Å². The first kappa shape index (κ1) is 19.7. The molecule has 3 atom stereocenters. The lowest BCUT2D eigenvalue weighted by molar-refractivity contribution is -0.131. The molecule has 0 aliphatic carbocycles. The molecular formula is C19H28ClN3O2. The van der Waals surface area contributed by atoms with Crippen LogP contribution in [0, 0.1) is 5.92 Å². The molecule has 1 aromatic rings. The van der Waals surface area contributed by atoms with Gasteiger partial charge in [-0.25, -0.2) is 0 Å². The average molecular weight is 366 g/mol. The molecule has 1 aromatic carbocycles. The zero-order valence-electron chi connectivity index (χ0n) is 15.0. The molecule has 0 aromatic heterocycles. The van der Waals surface area contributed by atoms with E-state index >= 15 is 0 Å². The summed E-state index contributed by atoms with van der Waals surface area (Å²) in [7, 11) is 0. The van der Waals surface area contributed by atoms with E-state index in [1.807, 2.05) is 37.3 Å². The van der Waals surface area contributed by atoms with Gasteiger partial charge in [-0.2, -0.15) is 0 Å². The Bertz CT molecular complexity index is 610. The highest BCUT2D eigenvalue weighted by Gasteiger charge is 2.46. The smallest absolute Gasteiger partial charge is 0.254 e. The largest absolute Gasteiger partial charge is 0.350 e. The predicted molar refractivity (Wildman–Crippen MR) is 101 cm³/mol. The lowest BCUT2D eigenvalue weighted by Crippen LogP contribution is -2.60. The van der Waals surface area contributed by atoms with Gasteiger partial charge in [0, 0.05) is 24.7 Å². The Morgan fingerprint density at radius 2 is 2.00 bits per heavy atom. The van der Waals surface area contributed by atoms with Gasteiger partial charge in [-0.05, 0) is 50.8 Å². The Kier molecular flexibility index (Phi) is 6.47. The number of rotatable bonds is 3. The molecular weight excluding hydrogens is 338 g/mol. The van der Waals surface area contributed by atoms with Gasteiger partial charge in [-0.15, -0.1) is 12.4 Å². The van der Waals surface area contributed by atoms with Crippen molar-refractivity contribution in [1.29, 1.82) is 0 Å². The van der Waals surface area contributed by atoms with Gasteiger partial charge in [0.05, 0.1) is 0 Å². The van der Waals surface area contributed by atoms with Crippen LogP contribution in [-0.2, 0) is 4.79 Å². The molecule has 3 rings (SSSR count). The van der Waals surface area contributed by atoms with Crippen LogP contribution in [0.4, 0.5) is 0 Å². The van der Waals surface area contributed by atoms with Gasteiger partial charge < -0.3 is 15.5 Å². The minimum absolute atomic E-state index is 0. The van der Waals surface area contributed by atoms with Crippen LogP contribution in [0.5, 0.6) is 0 Å². The summed E-state index contributed by atoms with van der Waals surface area (Å²) in [5.74, 6) is 0.379. The van der Waals surface area contributed by atoms with E-state index in [2.05, 4.69) is 17.6 Å². The number of likely N-dealkylation sites (tertiary alicyclic amines) is 1. The van der Waals surface area contributed by atoms with Crippen LogP contribution >= 0.6 is 12.4 Å². The molecule has 2 fully saturated rings. The van der Waals surface area contributed by atoms with E-state index in [0.29, 0.717) is 24.4 Å². The molecule has 25 heavy (non-hydrogen) atoms. The van der Waals surface area contributed by atoms with E-state index in [-0.39, 0.29) is 30.3 Å². The molecule has 0 radical (unpaired) electrons. The van der Waals surface area contributed by atoms with Gasteiger partial charge in [0.2, 0.25) is 5.91 Å². The Balaban J connectivity index is 0.00000225. The summed E-state index contributed by atoms with van der Waals surface area (Å²) in [6.45, 7) is 6.52. The fourth-order valence-electron chi connectivity index (χ4n) is 3.77. The Morgan fingerprint density at radius 3 is 2.68 bits per heavy atom. The second-order valence-electron chi connectivity index (χ2n) is 7.25. The highest BCUT2D eigenvalue weighted by molar-refractivity contribution is 5.99. The maximum atomic E-state index is 13.0. The number of carbonyl (C=O) groups excluding carboxylic acids is 2. The highest BCUT2D eigenvalue weighted by Crippen LogP contribution is 2.31. The molecule has 2 heterocycles.